The first-order valence-corrected chi connectivity index (χ1v) is 3.12. The predicted octanol–water partition coefficient (Wildman–Crippen LogP) is -0.0649. The van der Waals surface area contributed by atoms with Crippen LogP contribution in [0.5, 0.6) is 0 Å². The molecule has 0 bridgehead atoms. The molecule has 6 heteroatoms. The second kappa shape index (κ2) is 6.32. The topological polar surface area (TPSA) is 54.4 Å². The van der Waals surface area contributed by atoms with Crippen LogP contribution in [0.1, 0.15) is 6.92 Å². The maximum absolute atomic E-state index is 9.56. The van der Waals surface area contributed by atoms with Gasteiger partial charge in [0.2, 0.25) is 0 Å². The Hall–Kier alpha value is 1.20. The number of rotatable bonds is 1. The molecule has 0 aromatic rings. The minimum atomic E-state index is -3.66. The molecule has 0 atom stereocenters. The molecule has 0 aliphatic heterocycles. The summed E-state index contributed by atoms with van der Waals surface area (Å²) < 4.78 is 26.9. The van der Waals surface area contributed by atoms with Gasteiger partial charge in [0.1, 0.15) is 0 Å². The van der Waals surface area contributed by atoms with E-state index in [0.29, 0.717) is 0 Å². The Balaban J connectivity index is -0.000000125. The average molecular weight is 170 g/mol. The van der Waals surface area contributed by atoms with Gasteiger partial charge in [0, 0.05) is 29.6 Å². The quantitative estimate of drug-likeness (QED) is 0.442. The van der Waals surface area contributed by atoms with Crippen LogP contribution in [0.3, 0.4) is 0 Å². The van der Waals surface area contributed by atoms with Crippen molar-refractivity contribution in [1.82, 2.24) is 0 Å². The number of halogens is 1. The normalized spacial score (nSPS) is 8.75. The molecule has 47 valence electrons. The Morgan fingerprint density at radius 2 is 1.62 bits per heavy atom. The van der Waals surface area contributed by atoms with E-state index in [0.717, 1.165) is 0 Å². The molecule has 1 N–H and O–H groups in total. The SMILES string of the molecule is CCS(=O)(=O)O.Cl.[Na]. The molecule has 0 spiro atoms. The number of hydrogen-bond donors (Lipinski definition) is 1. The van der Waals surface area contributed by atoms with Gasteiger partial charge in [-0.2, -0.15) is 8.42 Å². The zero-order valence-corrected chi connectivity index (χ0v) is 8.42. The van der Waals surface area contributed by atoms with Gasteiger partial charge in [-0.25, -0.2) is 0 Å². The van der Waals surface area contributed by atoms with Gasteiger partial charge in [0.25, 0.3) is 10.1 Å². The Labute approximate surface area is 77.3 Å². The first-order chi connectivity index (χ1) is 2.56. The standard InChI is InChI=1S/C2H6O3S.ClH.Na/c1-2-6(3,4)5;;/h2H2,1H3,(H,3,4,5);1H;. The van der Waals surface area contributed by atoms with Crippen molar-refractivity contribution in [2.75, 3.05) is 5.75 Å². The van der Waals surface area contributed by atoms with Crippen molar-refractivity contribution in [1.29, 1.82) is 0 Å². The molecule has 0 saturated heterocycles. The zero-order valence-electron chi connectivity index (χ0n) is 4.79. The monoisotopic (exact) mass is 169 g/mol. The molecule has 0 saturated carbocycles. The van der Waals surface area contributed by atoms with E-state index < -0.39 is 10.1 Å². The van der Waals surface area contributed by atoms with Crippen LogP contribution in [0.2, 0.25) is 0 Å². The average Bonchev–Trinajstić information content (AvgIpc) is 1.35. The van der Waals surface area contributed by atoms with Crippen LogP contribution < -0.4 is 0 Å². The Bertz CT molecular complexity index is 119. The second-order valence-corrected chi connectivity index (χ2v) is 2.61. The largest absolute Gasteiger partial charge is 0.286 e. The summed E-state index contributed by atoms with van der Waals surface area (Å²) in [7, 11) is -3.66. The zero-order chi connectivity index (χ0) is 5.21. The summed E-state index contributed by atoms with van der Waals surface area (Å²) >= 11 is 0. The minimum absolute atomic E-state index is 0. The summed E-state index contributed by atoms with van der Waals surface area (Å²) in [6.45, 7) is 1.37. The summed E-state index contributed by atoms with van der Waals surface area (Å²) in [5.41, 5.74) is 0. The maximum atomic E-state index is 9.56. The van der Waals surface area contributed by atoms with E-state index in [9.17, 15) is 8.42 Å². The van der Waals surface area contributed by atoms with E-state index in [1.165, 1.54) is 6.92 Å². The van der Waals surface area contributed by atoms with Crippen LogP contribution in [0, 0.1) is 0 Å². The third-order valence-corrected chi connectivity index (χ3v) is 1.09. The van der Waals surface area contributed by atoms with E-state index in [4.69, 9.17) is 4.55 Å². The third kappa shape index (κ3) is 15.7. The van der Waals surface area contributed by atoms with Gasteiger partial charge >= 0.3 is 0 Å². The molecule has 0 rings (SSSR count). The molecule has 0 aromatic carbocycles. The Morgan fingerprint density at radius 3 is 1.62 bits per heavy atom. The van der Waals surface area contributed by atoms with Crippen LogP contribution in [-0.4, -0.2) is 48.3 Å². The molecular formula is C2H7ClNaO3S. The van der Waals surface area contributed by atoms with Crippen molar-refractivity contribution in [2.45, 2.75) is 6.92 Å². The summed E-state index contributed by atoms with van der Waals surface area (Å²) in [6.07, 6.45) is 0. The Kier molecular flexibility index (Phi) is 12.7. The molecule has 0 amide bonds. The van der Waals surface area contributed by atoms with Gasteiger partial charge < -0.3 is 0 Å². The third-order valence-electron chi connectivity index (χ3n) is 0.365. The molecule has 0 aromatic heterocycles. The smallest absolute Gasteiger partial charge is 0.264 e. The maximum Gasteiger partial charge on any atom is 0.264 e. The molecule has 0 aliphatic carbocycles. The van der Waals surface area contributed by atoms with Crippen molar-refractivity contribution >= 4 is 52.1 Å². The predicted molar refractivity (Wildman–Crippen MR) is 35.1 cm³/mol. The molecule has 3 nitrogen and oxygen atoms in total. The van der Waals surface area contributed by atoms with Gasteiger partial charge in [0.05, 0.1) is 5.75 Å². The van der Waals surface area contributed by atoms with E-state index in [1.807, 2.05) is 0 Å². The van der Waals surface area contributed by atoms with Crippen molar-refractivity contribution in [2.24, 2.45) is 0 Å². The molecule has 1 radical (unpaired) electrons. The summed E-state index contributed by atoms with van der Waals surface area (Å²) in [6, 6.07) is 0. The first kappa shape index (κ1) is 16.1. The van der Waals surface area contributed by atoms with Gasteiger partial charge in [-0.15, -0.1) is 12.4 Å². The van der Waals surface area contributed by atoms with Gasteiger partial charge in [-0.3, -0.25) is 4.55 Å². The first-order valence-electron chi connectivity index (χ1n) is 1.51. The van der Waals surface area contributed by atoms with Gasteiger partial charge in [-0.1, -0.05) is 0 Å². The Morgan fingerprint density at radius 1 is 1.50 bits per heavy atom. The van der Waals surface area contributed by atoms with Crippen LogP contribution in [0.15, 0.2) is 0 Å². The summed E-state index contributed by atoms with van der Waals surface area (Å²) in [5, 5.41) is 0. The summed E-state index contributed by atoms with van der Waals surface area (Å²) in [5.74, 6) is -0.201. The fourth-order valence-electron chi connectivity index (χ4n) is 0. The van der Waals surface area contributed by atoms with E-state index >= 15 is 0 Å². The fraction of sp³-hybridized carbons (Fsp3) is 1.00. The van der Waals surface area contributed by atoms with E-state index in [2.05, 4.69) is 0 Å². The number of hydrogen-bond acceptors (Lipinski definition) is 2. The van der Waals surface area contributed by atoms with Gasteiger partial charge in [0.15, 0.2) is 0 Å². The van der Waals surface area contributed by atoms with Crippen LogP contribution in [0.4, 0.5) is 0 Å². The van der Waals surface area contributed by atoms with E-state index in [1.54, 1.807) is 0 Å². The van der Waals surface area contributed by atoms with Crippen LogP contribution in [-0.2, 0) is 10.1 Å². The molecule has 0 fully saturated rings. The summed E-state index contributed by atoms with van der Waals surface area (Å²) in [4.78, 5) is 0. The van der Waals surface area contributed by atoms with Crippen LogP contribution in [0.25, 0.3) is 0 Å². The molecule has 0 heterocycles. The van der Waals surface area contributed by atoms with Crippen molar-refractivity contribution < 1.29 is 13.0 Å². The van der Waals surface area contributed by atoms with Gasteiger partial charge in [-0.05, 0) is 6.92 Å². The van der Waals surface area contributed by atoms with Crippen LogP contribution >= 0.6 is 12.4 Å². The minimum Gasteiger partial charge on any atom is -0.286 e. The van der Waals surface area contributed by atoms with E-state index in [-0.39, 0.29) is 47.7 Å². The molecule has 8 heavy (non-hydrogen) atoms. The van der Waals surface area contributed by atoms with Crippen molar-refractivity contribution in [3.63, 3.8) is 0 Å². The molecule has 0 aliphatic rings. The van der Waals surface area contributed by atoms with Crippen molar-refractivity contribution in [3.8, 4) is 0 Å². The molecule has 0 unspecified atom stereocenters. The fourth-order valence-corrected chi connectivity index (χ4v) is 0. The second-order valence-electron chi connectivity index (χ2n) is 0.871. The van der Waals surface area contributed by atoms with Crippen molar-refractivity contribution in [3.05, 3.63) is 0 Å². The molecular weight excluding hydrogens is 163 g/mol.